The predicted octanol–water partition coefficient (Wildman–Crippen LogP) is 2.97. The summed E-state index contributed by atoms with van der Waals surface area (Å²) < 4.78 is 31.4. The van der Waals surface area contributed by atoms with Crippen molar-refractivity contribution in [1.82, 2.24) is 9.62 Å². The van der Waals surface area contributed by atoms with Gasteiger partial charge in [-0.05, 0) is 43.2 Å². The molecule has 1 N–H and O–H groups in total. The summed E-state index contributed by atoms with van der Waals surface area (Å²) >= 11 is 0. The van der Waals surface area contributed by atoms with E-state index in [1.54, 1.807) is 12.1 Å². The number of ether oxygens (including phenoxy) is 1. The number of carbonyl (C=O) groups is 1. The second-order valence-corrected chi connectivity index (χ2v) is 8.35. The Hall–Kier alpha value is -2.38. The molecule has 1 unspecified atom stereocenters. The van der Waals surface area contributed by atoms with Crippen molar-refractivity contribution in [3.05, 3.63) is 60.2 Å². The lowest BCUT2D eigenvalue weighted by Crippen LogP contribution is -2.30. The smallest absolute Gasteiger partial charge is 0.242 e. The fraction of sp³-hybridized carbons (Fsp3) is 0.350. The first-order valence-corrected chi connectivity index (χ1v) is 10.2. The molecule has 0 radical (unpaired) electrons. The van der Waals surface area contributed by atoms with Crippen molar-refractivity contribution in [2.45, 2.75) is 30.7 Å². The third kappa shape index (κ3) is 5.80. The zero-order chi connectivity index (χ0) is 19.9. The maximum Gasteiger partial charge on any atom is 0.242 e. The van der Waals surface area contributed by atoms with Crippen LogP contribution < -0.4 is 10.1 Å². The third-order valence-corrected chi connectivity index (χ3v) is 6.19. The van der Waals surface area contributed by atoms with Crippen LogP contribution in [-0.2, 0) is 14.8 Å². The highest BCUT2D eigenvalue weighted by molar-refractivity contribution is 7.89. The molecule has 27 heavy (non-hydrogen) atoms. The van der Waals surface area contributed by atoms with Gasteiger partial charge in [0.1, 0.15) is 5.75 Å². The summed E-state index contributed by atoms with van der Waals surface area (Å²) in [5.41, 5.74) is 1.03. The minimum atomic E-state index is -3.58. The molecule has 0 aliphatic rings. The first-order valence-electron chi connectivity index (χ1n) is 8.79. The third-order valence-electron chi connectivity index (χ3n) is 4.32. The van der Waals surface area contributed by atoms with Crippen LogP contribution in [-0.4, -0.2) is 39.3 Å². The van der Waals surface area contributed by atoms with Crippen LogP contribution in [0.2, 0.25) is 0 Å². The zero-order valence-electron chi connectivity index (χ0n) is 15.9. The van der Waals surface area contributed by atoms with Crippen molar-refractivity contribution in [2.75, 3.05) is 20.7 Å². The highest BCUT2D eigenvalue weighted by Gasteiger charge is 2.20. The number of amides is 1. The molecular formula is C20H26N2O4S. The Bertz CT molecular complexity index is 836. The van der Waals surface area contributed by atoms with E-state index < -0.39 is 10.0 Å². The van der Waals surface area contributed by atoms with Gasteiger partial charge in [-0.25, -0.2) is 12.7 Å². The van der Waals surface area contributed by atoms with E-state index >= 15 is 0 Å². The molecule has 0 bridgehead atoms. The fourth-order valence-electron chi connectivity index (χ4n) is 2.65. The van der Waals surface area contributed by atoms with E-state index in [-0.39, 0.29) is 29.8 Å². The Morgan fingerprint density at radius 2 is 1.74 bits per heavy atom. The molecule has 1 atom stereocenters. The molecule has 2 rings (SSSR count). The van der Waals surface area contributed by atoms with Crippen molar-refractivity contribution in [3.8, 4) is 5.75 Å². The quantitative estimate of drug-likeness (QED) is 0.714. The molecule has 0 aliphatic carbocycles. The fourth-order valence-corrected chi connectivity index (χ4v) is 3.86. The number of hydrogen-bond donors (Lipinski definition) is 1. The first-order chi connectivity index (χ1) is 12.8. The van der Waals surface area contributed by atoms with Crippen LogP contribution >= 0.6 is 0 Å². The molecule has 1 amide bonds. The Morgan fingerprint density at radius 1 is 1.11 bits per heavy atom. The summed E-state index contributed by atoms with van der Waals surface area (Å²) in [6.07, 6.45) is 0.707. The monoisotopic (exact) mass is 390 g/mol. The maximum atomic E-state index is 12.6. The standard InChI is InChI=1S/C20H26N2O4S/c1-16(17-8-5-4-6-9-17)21-20(23)10-7-15-22(2)27(24,25)19-13-11-18(26-3)12-14-19/h4-6,8-9,11-14,16H,7,10,15H2,1-3H3,(H,21,23). The summed E-state index contributed by atoms with van der Waals surface area (Å²) in [7, 11) is -0.537. The molecule has 2 aromatic rings. The Kier molecular flexibility index (Phi) is 7.38. The van der Waals surface area contributed by atoms with E-state index in [1.807, 2.05) is 37.3 Å². The number of hydrogen-bond acceptors (Lipinski definition) is 4. The Morgan fingerprint density at radius 3 is 2.33 bits per heavy atom. The summed E-state index contributed by atoms with van der Waals surface area (Å²) in [4.78, 5) is 12.3. The highest BCUT2D eigenvalue weighted by Crippen LogP contribution is 2.19. The van der Waals surface area contributed by atoms with Crippen molar-refractivity contribution in [1.29, 1.82) is 0 Å². The molecule has 2 aromatic carbocycles. The first kappa shape index (κ1) is 20.9. The van der Waals surface area contributed by atoms with Crippen molar-refractivity contribution in [2.24, 2.45) is 0 Å². The lowest BCUT2D eigenvalue weighted by Gasteiger charge is -2.18. The highest BCUT2D eigenvalue weighted by atomic mass is 32.2. The molecule has 6 nitrogen and oxygen atoms in total. The van der Waals surface area contributed by atoms with Crippen LogP contribution in [0, 0.1) is 0 Å². The van der Waals surface area contributed by atoms with E-state index in [2.05, 4.69) is 5.32 Å². The topological polar surface area (TPSA) is 75.7 Å². The average molecular weight is 391 g/mol. The molecular weight excluding hydrogens is 364 g/mol. The van der Waals surface area contributed by atoms with Gasteiger partial charge >= 0.3 is 0 Å². The van der Waals surface area contributed by atoms with Gasteiger partial charge in [0.2, 0.25) is 15.9 Å². The number of carbonyl (C=O) groups excluding carboxylic acids is 1. The molecule has 0 aromatic heterocycles. The average Bonchev–Trinajstić information content (AvgIpc) is 2.68. The van der Waals surface area contributed by atoms with Crippen LogP contribution in [0.4, 0.5) is 0 Å². The molecule has 0 heterocycles. The minimum absolute atomic E-state index is 0.0838. The van der Waals surface area contributed by atoms with Crippen LogP contribution in [0.5, 0.6) is 5.75 Å². The van der Waals surface area contributed by atoms with Crippen molar-refractivity contribution in [3.63, 3.8) is 0 Å². The number of nitrogens with zero attached hydrogens (tertiary/aromatic N) is 1. The SMILES string of the molecule is COc1ccc(S(=O)(=O)N(C)CCCC(=O)NC(C)c2ccccc2)cc1. The normalized spacial score (nSPS) is 12.6. The molecule has 7 heteroatoms. The molecule has 0 saturated carbocycles. The van der Waals surface area contributed by atoms with Gasteiger partial charge in [0.15, 0.2) is 0 Å². The zero-order valence-corrected chi connectivity index (χ0v) is 16.7. The number of sulfonamides is 1. The van der Waals surface area contributed by atoms with E-state index in [9.17, 15) is 13.2 Å². The molecule has 146 valence electrons. The number of rotatable bonds is 9. The van der Waals surface area contributed by atoms with Gasteiger partial charge in [-0.15, -0.1) is 0 Å². The largest absolute Gasteiger partial charge is 0.497 e. The van der Waals surface area contributed by atoms with E-state index in [4.69, 9.17) is 4.74 Å². The van der Waals surface area contributed by atoms with Gasteiger partial charge < -0.3 is 10.1 Å². The van der Waals surface area contributed by atoms with Crippen molar-refractivity contribution >= 4 is 15.9 Å². The molecule has 0 saturated heterocycles. The van der Waals surface area contributed by atoms with Crippen LogP contribution in [0.15, 0.2) is 59.5 Å². The van der Waals surface area contributed by atoms with Crippen LogP contribution in [0.25, 0.3) is 0 Å². The van der Waals surface area contributed by atoms with Crippen molar-refractivity contribution < 1.29 is 17.9 Å². The Labute approximate surface area is 161 Å². The second-order valence-electron chi connectivity index (χ2n) is 6.31. The lowest BCUT2D eigenvalue weighted by molar-refractivity contribution is -0.121. The summed E-state index contributed by atoms with van der Waals surface area (Å²) in [6, 6.07) is 15.9. The van der Waals surface area contributed by atoms with Gasteiger partial charge in [-0.1, -0.05) is 30.3 Å². The van der Waals surface area contributed by atoms with Gasteiger partial charge in [-0.3, -0.25) is 4.79 Å². The minimum Gasteiger partial charge on any atom is -0.497 e. The molecule has 0 aliphatic heterocycles. The van der Waals surface area contributed by atoms with E-state index in [0.29, 0.717) is 12.2 Å². The van der Waals surface area contributed by atoms with Gasteiger partial charge in [0, 0.05) is 20.0 Å². The molecule has 0 fully saturated rings. The number of benzene rings is 2. The predicted molar refractivity (Wildman–Crippen MR) is 105 cm³/mol. The van der Waals surface area contributed by atoms with Gasteiger partial charge in [-0.2, -0.15) is 0 Å². The van der Waals surface area contributed by atoms with E-state index in [0.717, 1.165) is 5.56 Å². The second kappa shape index (κ2) is 9.53. The maximum absolute atomic E-state index is 12.6. The number of nitrogens with one attached hydrogen (secondary N) is 1. The van der Waals surface area contributed by atoms with Crippen LogP contribution in [0.3, 0.4) is 0 Å². The summed E-state index contributed by atoms with van der Waals surface area (Å²) in [5, 5.41) is 2.93. The van der Waals surface area contributed by atoms with Gasteiger partial charge in [0.05, 0.1) is 18.0 Å². The van der Waals surface area contributed by atoms with E-state index in [1.165, 1.54) is 30.6 Å². The summed E-state index contributed by atoms with van der Waals surface area (Å²) in [5.74, 6) is 0.502. The Balaban J connectivity index is 1.83. The number of methoxy groups -OCH3 is 1. The molecule has 0 spiro atoms. The summed E-state index contributed by atoms with van der Waals surface area (Å²) in [6.45, 7) is 2.19. The lowest BCUT2D eigenvalue weighted by atomic mass is 10.1. The van der Waals surface area contributed by atoms with Gasteiger partial charge in [0.25, 0.3) is 0 Å². The van der Waals surface area contributed by atoms with Crippen LogP contribution in [0.1, 0.15) is 31.4 Å².